The van der Waals surface area contributed by atoms with Gasteiger partial charge in [-0.25, -0.2) is 4.52 Å². The summed E-state index contributed by atoms with van der Waals surface area (Å²) in [5, 5.41) is 6.64. The monoisotopic (exact) mass is 476 g/mol. The van der Waals surface area contributed by atoms with Gasteiger partial charge in [0.2, 0.25) is 0 Å². The van der Waals surface area contributed by atoms with Crippen LogP contribution in [0.5, 0.6) is 11.5 Å². The number of pyridine rings is 1. The Balaban J connectivity index is 2.00. The molecule has 8 heteroatoms. The van der Waals surface area contributed by atoms with Crippen LogP contribution < -0.4 is 14.0 Å². The standard InChI is InChI=1S/C24H31ClN3O3S/c1-6-12-28(2,21-11-8-13-31-21)23-18-10-7-9-17(27(18)26-24(23)32-5)22-19(29-3)14-16(25)15-20(22)30-4/h7,9-10,14-15,21H,6,8,11-13H2,1-5H3/q+1. The molecular weight excluding hydrogens is 446 g/mol. The van der Waals surface area contributed by atoms with Gasteiger partial charge in [-0.2, -0.15) is 5.10 Å². The van der Waals surface area contributed by atoms with Crippen LogP contribution in [0.15, 0.2) is 35.4 Å². The number of hydrogen-bond donors (Lipinski definition) is 0. The summed E-state index contributed by atoms with van der Waals surface area (Å²) in [6.45, 7) is 4.03. The number of quaternary nitrogens is 1. The lowest BCUT2D eigenvalue weighted by Crippen LogP contribution is -2.54. The highest BCUT2D eigenvalue weighted by Gasteiger charge is 2.42. The van der Waals surface area contributed by atoms with Gasteiger partial charge in [-0.3, -0.25) is 4.48 Å². The van der Waals surface area contributed by atoms with Gasteiger partial charge in [0.05, 0.1) is 45.7 Å². The minimum Gasteiger partial charge on any atom is -0.496 e. The topological polar surface area (TPSA) is 45.0 Å². The fraction of sp³-hybridized carbons (Fsp3) is 0.458. The first-order valence-corrected chi connectivity index (χ1v) is 12.5. The Morgan fingerprint density at radius 3 is 2.53 bits per heavy atom. The van der Waals surface area contributed by atoms with E-state index in [9.17, 15) is 0 Å². The number of fused-ring (bicyclic) bond motifs is 1. The number of hydrogen-bond acceptors (Lipinski definition) is 5. The molecule has 3 heterocycles. The first-order valence-electron chi connectivity index (χ1n) is 10.9. The second-order valence-electron chi connectivity index (χ2n) is 8.21. The van der Waals surface area contributed by atoms with Crippen LogP contribution in [-0.2, 0) is 4.74 Å². The van der Waals surface area contributed by atoms with Crippen molar-refractivity contribution in [1.82, 2.24) is 14.1 Å². The van der Waals surface area contributed by atoms with Gasteiger partial charge in [-0.05, 0) is 43.4 Å². The zero-order chi connectivity index (χ0) is 22.9. The lowest BCUT2D eigenvalue weighted by Gasteiger charge is -2.38. The van der Waals surface area contributed by atoms with Gasteiger partial charge in [0.25, 0.3) is 0 Å². The van der Waals surface area contributed by atoms with E-state index in [2.05, 4.69) is 32.4 Å². The minimum absolute atomic E-state index is 0.136. The summed E-state index contributed by atoms with van der Waals surface area (Å²) in [7, 11) is 5.57. The van der Waals surface area contributed by atoms with Crippen LogP contribution in [0.1, 0.15) is 26.2 Å². The number of benzene rings is 1. The predicted molar refractivity (Wildman–Crippen MR) is 132 cm³/mol. The van der Waals surface area contributed by atoms with Gasteiger partial charge >= 0.3 is 0 Å². The Kier molecular flexibility index (Phi) is 6.91. The smallest absolute Gasteiger partial charge is 0.197 e. The van der Waals surface area contributed by atoms with Gasteiger partial charge in [-0.1, -0.05) is 24.6 Å². The van der Waals surface area contributed by atoms with E-state index in [4.69, 9.17) is 30.9 Å². The highest BCUT2D eigenvalue weighted by atomic mass is 35.5. The molecule has 2 aromatic heterocycles. The first kappa shape index (κ1) is 23.2. The molecule has 0 radical (unpaired) electrons. The lowest BCUT2D eigenvalue weighted by molar-refractivity contribution is -0.000992. The fourth-order valence-electron chi connectivity index (χ4n) is 4.85. The summed E-state index contributed by atoms with van der Waals surface area (Å²) < 4.78 is 20.3. The second-order valence-corrected chi connectivity index (χ2v) is 9.44. The van der Waals surface area contributed by atoms with Crippen LogP contribution in [0, 0.1) is 0 Å². The van der Waals surface area contributed by atoms with Gasteiger partial charge in [0.1, 0.15) is 17.0 Å². The average molecular weight is 477 g/mol. The summed E-state index contributed by atoms with van der Waals surface area (Å²) in [5.41, 5.74) is 4.00. The fourth-order valence-corrected chi connectivity index (χ4v) is 5.72. The number of ether oxygens (including phenoxy) is 3. The lowest BCUT2D eigenvalue weighted by atomic mass is 10.1. The maximum absolute atomic E-state index is 6.30. The van der Waals surface area contributed by atoms with Crippen LogP contribution in [0.4, 0.5) is 5.69 Å². The summed E-state index contributed by atoms with van der Waals surface area (Å²) in [6.07, 6.45) is 5.43. The van der Waals surface area contributed by atoms with Crippen molar-refractivity contribution in [3.05, 3.63) is 35.4 Å². The Morgan fingerprint density at radius 1 is 1.25 bits per heavy atom. The van der Waals surface area contributed by atoms with Crippen LogP contribution in [0.3, 0.4) is 0 Å². The van der Waals surface area contributed by atoms with Gasteiger partial charge in [0, 0.05) is 11.4 Å². The molecule has 1 aliphatic heterocycles. The SMILES string of the molecule is CCC[N+](C)(c1c(SC)nn2c(-c3c(OC)cc(Cl)cc3OC)cccc12)C1CCCO1. The molecule has 3 aromatic rings. The zero-order valence-electron chi connectivity index (χ0n) is 19.4. The number of thioether (sulfide) groups is 1. The Bertz CT molecular complexity index is 1090. The predicted octanol–water partition coefficient (Wildman–Crippen LogP) is 5.88. The number of aromatic nitrogens is 2. The highest BCUT2D eigenvalue weighted by molar-refractivity contribution is 7.98. The summed E-state index contributed by atoms with van der Waals surface area (Å²) >= 11 is 7.97. The number of halogens is 1. The van der Waals surface area contributed by atoms with E-state index in [0.717, 1.165) is 54.2 Å². The van der Waals surface area contributed by atoms with Gasteiger partial charge < -0.3 is 14.2 Å². The summed E-state index contributed by atoms with van der Waals surface area (Å²) in [4.78, 5) is 0. The Hall–Kier alpha value is -1.93. The van der Waals surface area contributed by atoms with E-state index in [1.165, 1.54) is 5.69 Å². The van der Waals surface area contributed by atoms with Crippen molar-refractivity contribution in [2.45, 2.75) is 37.4 Å². The minimum atomic E-state index is 0.136. The molecule has 1 aromatic carbocycles. The van der Waals surface area contributed by atoms with E-state index in [1.807, 2.05) is 22.7 Å². The Morgan fingerprint density at radius 2 is 1.97 bits per heavy atom. The summed E-state index contributed by atoms with van der Waals surface area (Å²) in [5.74, 6) is 1.30. The maximum atomic E-state index is 6.30. The largest absolute Gasteiger partial charge is 0.496 e. The number of nitrogens with zero attached hydrogens (tertiary/aromatic N) is 3. The van der Waals surface area contributed by atoms with Crippen LogP contribution in [0.25, 0.3) is 16.8 Å². The summed E-state index contributed by atoms with van der Waals surface area (Å²) in [6, 6.07) is 9.86. The third-order valence-electron chi connectivity index (χ3n) is 6.26. The Labute approximate surface area is 199 Å². The van der Waals surface area contributed by atoms with Crippen LogP contribution >= 0.6 is 23.4 Å². The molecule has 1 fully saturated rings. The molecular formula is C24H31ClN3O3S+. The van der Waals surface area contributed by atoms with Crippen molar-refractivity contribution in [2.24, 2.45) is 0 Å². The number of methoxy groups -OCH3 is 2. The van der Waals surface area contributed by atoms with Crippen LogP contribution in [-0.4, -0.2) is 56.5 Å². The zero-order valence-corrected chi connectivity index (χ0v) is 20.9. The van der Waals surface area contributed by atoms with E-state index >= 15 is 0 Å². The molecule has 0 amide bonds. The molecule has 1 saturated heterocycles. The molecule has 0 N–H and O–H groups in total. The van der Waals surface area contributed by atoms with E-state index in [0.29, 0.717) is 21.0 Å². The molecule has 32 heavy (non-hydrogen) atoms. The van der Waals surface area contributed by atoms with Crippen molar-refractivity contribution in [2.75, 3.05) is 40.7 Å². The van der Waals surface area contributed by atoms with E-state index in [1.54, 1.807) is 26.0 Å². The molecule has 0 spiro atoms. The van der Waals surface area contributed by atoms with Crippen molar-refractivity contribution in [3.63, 3.8) is 0 Å². The molecule has 6 nitrogen and oxygen atoms in total. The third kappa shape index (κ3) is 3.85. The van der Waals surface area contributed by atoms with Crippen molar-refractivity contribution < 1.29 is 14.2 Å². The highest BCUT2D eigenvalue weighted by Crippen LogP contribution is 2.45. The maximum Gasteiger partial charge on any atom is 0.197 e. The molecule has 2 atom stereocenters. The normalized spacial score (nSPS) is 18.1. The molecule has 4 rings (SSSR count). The molecule has 1 aliphatic rings. The first-order chi connectivity index (χ1) is 15.5. The van der Waals surface area contributed by atoms with Gasteiger partial charge in [-0.15, -0.1) is 11.8 Å². The van der Waals surface area contributed by atoms with Crippen molar-refractivity contribution in [3.8, 4) is 22.8 Å². The third-order valence-corrected chi connectivity index (χ3v) is 7.14. The van der Waals surface area contributed by atoms with Crippen LogP contribution in [0.2, 0.25) is 5.02 Å². The average Bonchev–Trinajstić information content (AvgIpc) is 3.47. The molecule has 172 valence electrons. The van der Waals surface area contributed by atoms with Crippen molar-refractivity contribution in [1.29, 1.82) is 0 Å². The van der Waals surface area contributed by atoms with E-state index < -0.39 is 0 Å². The molecule has 0 bridgehead atoms. The van der Waals surface area contributed by atoms with E-state index in [-0.39, 0.29) is 6.23 Å². The van der Waals surface area contributed by atoms with Crippen molar-refractivity contribution >= 4 is 34.6 Å². The molecule has 0 saturated carbocycles. The molecule has 2 unspecified atom stereocenters. The number of rotatable bonds is 8. The molecule has 0 aliphatic carbocycles. The second kappa shape index (κ2) is 9.51. The van der Waals surface area contributed by atoms with Gasteiger partial charge in [0.15, 0.2) is 16.9 Å². The quantitative estimate of drug-likeness (QED) is 0.300.